The van der Waals surface area contributed by atoms with Crippen molar-refractivity contribution in [2.24, 2.45) is 0 Å². The molecule has 0 N–H and O–H groups in total. The maximum Gasteiger partial charge on any atom is 0.0406 e. The molecule has 0 amide bonds. The van der Waals surface area contributed by atoms with Crippen molar-refractivity contribution in [1.29, 1.82) is 0 Å². The molecule has 0 unspecified atom stereocenters. The van der Waals surface area contributed by atoms with Crippen molar-refractivity contribution in [3.63, 3.8) is 0 Å². The van der Waals surface area contributed by atoms with Crippen LogP contribution in [0.4, 0.5) is 0 Å². The third kappa shape index (κ3) is 4.21. The number of halogens is 1. The van der Waals surface area contributed by atoms with Crippen molar-refractivity contribution < 1.29 is 0 Å². The van der Waals surface area contributed by atoms with Crippen molar-refractivity contribution in [3.05, 3.63) is 29.3 Å². The molecule has 0 spiro atoms. The lowest BCUT2D eigenvalue weighted by molar-refractivity contribution is 0.322. The summed E-state index contributed by atoms with van der Waals surface area (Å²) < 4.78 is 0. The lowest BCUT2D eigenvalue weighted by atomic mass is 10.4. The van der Waals surface area contributed by atoms with Crippen molar-refractivity contribution in [2.45, 2.75) is 4.90 Å². The van der Waals surface area contributed by atoms with Gasteiger partial charge in [-0.05, 0) is 24.3 Å². The summed E-state index contributed by atoms with van der Waals surface area (Å²) in [5, 5.41) is 0.817. The van der Waals surface area contributed by atoms with Gasteiger partial charge >= 0.3 is 0 Å². The van der Waals surface area contributed by atoms with Gasteiger partial charge in [0.2, 0.25) is 0 Å². The van der Waals surface area contributed by atoms with Crippen molar-refractivity contribution in [1.82, 2.24) is 4.90 Å². The van der Waals surface area contributed by atoms with E-state index in [0.717, 1.165) is 5.02 Å². The Balaban J connectivity index is 1.69. The van der Waals surface area contributed by atoms with E-state index in [1.165, 1.54) is 41.8 Å². The molecule has 16 heavy (non-hydrogen) atoms. The van der Waals surface area contributed by atoms with Gasteiger partial charge in [0.1, 0.15) is 0 Å². The first-order chi connectivity index (χ1) is 7.84. The predicted molar refractivity (Wildman–Crippen MR) is 75.9 cm³/mol. The third-order valence-corrected chi connectivity index (χ3v) is 4.78. The lowest BCUT2D eigenvalue weighted by Crippen LogP contribution is -2.34. The quantitative estimate of drug-likeness (QED) is 0.774. The number of benzene rings is 1. The van der Waals surface area contributed by atoms with E-state index in [1.807, 2.05) is 23.9 Å². The summed E-state index contributed by atoms with van der Waals surface area (Å²) in [6, 6.07) is 8.11. The van der Waals surface area contributed by atoms with E-state index in [4.69, 9.17) is 11.6 Å². The summed E-state index contributed by atoms with van der Waals surface area (Å²) in [5.41, 5.74) is 0. The Kier molecular flexibility index (Phi) is 5.36. The maximum atomic E-state index is 5.85. The predicted octanol–water partition coefficient (Wildman–Crippen LogP) is 3.48. The summed E-state index contributed by atoms with van der Waals surface area (Å²) >= 11 is 9.83. The molecule has 1 aromatic carbocycles. The number of rotatable bonds is 4. The largest absolute Gasteiger partial charge is 0.301 e. The zero-order valence-electron chi connectivity index (χ0n) is 9.19. The molecule has 1 aliphatic rings. The molecule has 1 fully saturated rings. The molecule has 1 heterocycles. The number of nitrogens with zero attached hydrogens (tertiary/aromatic N) is 1. The zero-order chi connectivity index (χ0) is 11.2. The fraction of sp³-hybridized carbons (Fsp3) is 0.500. The first-order valence-corrected chi connectivity index (χ1v) is 8.05. The van der Waals surface area contributed by atoms with Crippen LogP contribution in [0, 0.1) is 0 Å². The highest BCUT2D eigenvalue weighted by atomic mass is 35.5. The highest BCUT2D eigenvalue weighted by Gasteiger charge is 2.09. The number of thioether (sulfide) groups is 2. The first-order valence-electron chi connectivity index (χ1n) is 5.53. The van der Waals surface area contributed by atoms with E-state index in [0.29, 0.717) is 0 Å². The van der Waals surface area contributed by atoms with Crippen LogP contribution in [0.15, 0.2) is 29.2 Å². The molecular formula is C12H16ClNS2. The highest BCUT2D eigenvalue weighted by molar-refractivity contribution is 7.99. The molecule has 0 aliphatic carbocycles. The molecule has 88 valence electrons. The minimum absolute atomic E-state index is 0.817. The highest BCUT2D eigenvalue weighted by Crippen LogP contribution is 2.20. The van der Waals surface area contributed by atoms with Gasteiger partial charge in [-0.3, -0.25) is 0 Å². The number of hydrogen-bond donors (Lipinski definition) is 0. The van der Waals surface area contributed by atoms with Crippen LogP contribution in [-0.2, 0) is 0 Å². The van der Waals surface area contributed by atoms with Crippen LogP contribution in [0.25, 0.3) is 0 Å². The summed E-state index contributed by atoms with van der Waals surface area (Å²) in [7, 11) is 0. The topological polar surface area (TPSA) is 3.24 Å². The van der Waals surface area contributed by atoms with Crippen LogP contribution in [0.1, 0.15) is 0 Å². The van der Waals surface area contributed by atoms with Crippen LogP contribution < -0.4 is 0 Å². The molecule has 0 bridgehead atoms. The van der Waals surface area contributed by atoms with Crippen molar-refractivity contribution >= 4 is 35.1 Å². The third-order valence-electron chi connectivity index (χ3n) is 2.59. The van der Waals surface area contributed by atoms with Gasteiger partial charge in [-0.15, -0.1) is 11.8 Å². The molecule has 0 atom stereocenters. The standard InChI is InChI=1S/C12H16ClNS2/c13-11-1-3-12(4-2-11)16-10-7-14-5-8-15-9-6-14/h1-4H,5-10H2. The Labute approximate surface area is 111 Å². The minimum atomic E-state index is 0.817. The van der Waals surface area contributed by atoms with E-state index in [1.54, 1.807) is 0 Å². The summed E-state index contributed by atoms with van der Waals surface area (Å²) in [6.07, 6.45) is 0. The molecule has 4 heteroatoms. The van der Waals surface area contributed by atoms with Gasteiger partial charge < -0.3 is 4.90 Å². The van der Waals surface area contributed by atoms with E-state index < -0.39 is 0 Å². The summed E-state index contributed by atoms with van der Waals surface area (Å²) in [4.78, 5) is 3.87. The van der Waals surface area contributed by atoms with E-state index in [-0.39, 0.29) is 0 Å². The van der Waals surface area contributed by atoms with Gasteiger partial charge in [0.15, 0.2) is 0 Å². The Morgan fingerprint density at radius 3 is 2.56 bits per heavy atom. The average molecular weight is 274 g/mol. The van der Waals surface area contributed by atoms with Crippen molar-refractivity contribution in [2.75, 3.05) is 36.9 Å². The van der Waals surface area contributed by atoms with Crippen LogP contribution in [0.3, 0.4) is 0 Å². The number of hydrogen-bond acceptors (Lipinski definition) is 3. The Bertz CT molecular complexity index is 309. The fourth-order valence-electron chi connectivity index (χ4n) is 1.65. The normalized spacial score (nSPS) is 17.6. The van der Waals surface area contributed by atoms with Crippen LogP contribution in [0.5, 0.6) is 0 Å². The van der Waals surface area contributed by atoms with Gasteiger partial charge in [0.05, 0.1) is 0 Å². The monoisotopic (exact) mass is 273 g/mol. The molecule has 0 saturated carbocycles. The van der Waals surface area contributed by atoms with Gasteiger partial charge in [-0.2, -0.15) is 11.8 Å². The van der Waals surface area contributed by atoms with E-state index in [2.05, 4.69) is 28.8 Å². The average Bonchev–Trinajstić information content (AvgIpc) is 2.33. The van der Waals surface area contributed by atoms with Crippen LogP contribution >= 0.6 is 35.1 Å². The van der Waals surface area contributed by atoms with Gasteiger partial charge in [-0.25, -0.2) is 0 Å². The van der Waals surface area contributed by atoms with Crippen LogP contribution in [-0.4, -0.2) is 41.8 Å². The fourth-order valence-corrected chi connectivity index (χ4v) is 3.67. The second-order valence-electron chi connectivity index (χ2n) is 3.76. The molecule has 1 nitrogen and oxygen atoms in total. The smallest absolute Gasteiger partial charge is 0.0406 e. The first kappa shape index (κ1) is 12.6. The Morgan fingerprint density at radius 1 is 1.19 bits per heavy atom. The molecule has 0 aromatic heterocycles. The summed E-state index contributed by atoms with van der Waals surface area (Å²) in [6.45, 7) is 3.71. The maximum absolute atomic E-state index is 5.85. The minimum Gasteiger partial charge on any atom is -0.301 e. The van der Waals surface area contributed by atoms with Gasteiger partial charge in [-0.1, -0.05) is 11.6 Å². The molecule has 1 saturated heterocycles. The van der Waals surface area contributed by atoms with E-state index >= 15 is 0 Å². The molecule has 2 rings (SSSR count). The molecule has 0 radical (unpaired) electrons. The molecular weight excluding hydrogens is 258 g/mol. The van der Waals surface area contributed by atoms with Gasteiger partial charge in [0.25, 0.3) is 0 Å². The summed E-state index contributed by atoms with van der Waals surface area (Å²) in [5.74, 6) is 3.77. The van der Waals surface area contributed by atoms with Crippen LogP contribution in [0.2, 0.25) is 5.02 Å². The molecule has 1 aromatic rings. The van der Waals surface area contributed by atoms with Gasteiger partial charge in [0, 0.05) is 46.8 Å². The van der Waals surface area contributed by atoms with Crippen molar-refractivity contribution in [3.8, 4) is 0 Å². The van der Waals surface area contributed by atoms with E-state index in [9.17, 15) is 0 Å². The zero-order valence-corrected chi connectivity index (χ0v) is 11.6. The lowest BCUT2D eigenvalue weighted by Gasteiger charge is -2.25. The molecule has 1 aliphatic heterocycles. The Morgan fingerprint density at radius 2 is 1.88 bits per heavy atom. The SMILES string of the molecule is Clc1ccc(SCCN2CCSCC2)cc1. The second-order valence-corrected chi connectivity index (χ2v) is 6.59. The Hall–Kier alpha value is 0.170. The second kappa shape index (κ2) is 6.80.